The molecule has 0 fully saturated rings. The molecule has 2 rings (SSSR count). The average Bonchev–Trinajstić information content (AvgIpc) is 2.22. The van der Waals surface area contributed by atoms with Crippen LogP contribution in [-0.4, -0.2) is 4.98 Å². The monoisotopic (exact) mass is 359 g/mol. The third-order valence-corrected chi connectivity index (χ3v) is 1.81. The van der Waals surface area contributed by atoms with Gasteiger partial charge in [0, 0.05) is 20.4 Å². The van der Waals surface area contributed by atoms with Crippen molar-refractivity contribution < 1.29 is 20.4 Å². The second-order valence-corrected chi connectivity index (χ2v) is 2.58. The Kier molecular flexibility index (Phi) is 6.36. The average molecular weight is 358 g/mol. The van der Waals surface area contributed by atoms with E-state index in [-0.39, 0.29) is 20.4 Å². The minimum Gasteiger partial charge on any atom is -0.386 e. The molecule has 2 heteroatoms. The van der Waals surface area contributed by atoms with Crippen molar-refractivity contribution in [2.45, 2.75) is 20.8 Å². The van der Waals surface area contributed by atoms with Crippen molar-refractivity contribution in [3.63, 3.8) is 0 Å². The van der Waals surface area contributed by atoms with E-state index in [0.717, 1.165) is 5.52 Å². The van der Waals surface area contributed by atoms with Crippen LogP contribution in [0.2, 0.25) is 0 Å². The number of hydrogen-bond acceptors (Lipinski definition) is 1. The van der Waals surface area contributed by atoms with Gasteiger partial charge in [-0.15, -0.1) is 5.39 Å². The number of benzene rings is 1. The fourth-order valence-electron chi connectivity index (χ4n) is 1.21. The summed E-state index contributed by atoms with van der Waals surface area (Å²) < 4.78 is 0. The van der Waals surface area contributed by atoms with Gasteiger partial charge >= 0.3 is 0 Å². The van der Waals surface area contributed by atoms with Crippen LogP contribution in [0.3, 0.4) is 0 Å². The van der Waals surface area contributed by atoms with Gasteiger partial charge in [-0.05, 0) is 12.4 Å². The molecule has 14 heavy (non-hydrogen) atoms. The van der Waals surface area contributed by atoms with E-state index in [1.54, 1.807) is 0 Å². The minimum atomic E-state index is 0. The third kappa shape index (κ3) is 2.91. The van der Waals surface area contributed by atoms with Crippen LogP contribution in [0, 0.1) is 13.1 Å². The van der Waals surface area contributed by atoms with Crippen molar-refractivity contribution in [3.05, 3.63) is 42.1 Å². The molecule has 1 aromatic carbocycles. The Balaban J connectivity index is 0.000000531. The quantitative estimate of drug-likeness (QED) is 0.658. The first-order valence-electron chi connectivity index (χ1n) is 4.60. The molecule has 0 unspecified atom stereocenters. The summed E-state index contributed by atoms with van der Waals surface area (Å²) in [5.41, 5.74) is 2.29. The molecule has 0 saturated carbocycles. The first-order valence-corrected chi connectivity index (χ1v) is 4.60. The van der Waals surface area contributed by atoms with Crippen LogP contribution in [0.15, 0.2) is 30.3 Å². The van der Waals surface area contributed by atoms with Crippen LogP contribution in [0.1, 0.15) is 19.4 Å². The molecule has 0 aliphatic carbocycles. The zero-order valence-electron chi connectivity index (χ0n) is 8.71. The van der Waals surface area contributed by atoms with Crippen molar-refractivity contribution in [3.8, 4) is 0 Å². The Labute approximate surface area is 99.2 Å². The van der Waals surface area contributed by atoms with Crippen molar-refractivity contribution in [2.75, 3.05) is 0 Å². The van der Waals surface area contributed by atoms with Gasteiger partial charge in [0.2, 0.25) is 0 Å². The van der Waals surface area contributed by atoms with Gasteiger partial charge in [-0.1, -0.05) is 43.8 Å². The van der Waals surface area contributed by atoms with Gasteiger partial charge in [0.1, 0.15) is 0 Å². The Morgan fingerprint density at radius 3 is 2.50 bits per heavy atom. The van der Waals surface area contributed by atoms with Crippen LogP contribution < -0.4 is 0 Å². The van der Waals surface area contributed by atoms with Gasteiger partial charge in [0.25, 0.3) is 0 Å². The summed E-state index contributed by atoms with van der Waals surface area (Å²) in [4.78, 5) is 4.12. The van der Waals surface area contributed by atoms with Gasteiger partial charge in [-0.3, -0.25) is 0 Å². The molecule has 0 N–H and O–H groups in total. The summed E-state index contributed by atoms with van der Waals surface area (Å²) in [5, 5.41) is 1.21. The normalized spacial score (nSPS) is 8.50. The molecular formula is C12H14NRe-. The molecule has 1 radical (unpaired) electrons. The molecule has 1 heterocycles. The number of fused-ring (bicyclic) bond motifs is 1. The van der Waals surface area contributed by atoms with E-state index in [0.29, 0.717) is 0 Å². The van der Waals surface area contributed by atoms with E-state index < -0.39 is 0 Å². The maximum absolute atomic E-state index is 4.12. The SMILES string of the molecule is CC.Cc1cccc2n[c-]ccc12.[Re]. The van der Waals surface area contributed by atoms with Crippen molar-refractivity contribution >= 4 is 10.9 Å². The second-order valence-electron chi connectivity index (χ2n) is 2.58. The topological polar surface area (TPSA) is 12.9 Å². The molecule has 75 valence electrons. The molecule has 1 aromatic heterocycles. The van der Waals surface area contributed by atoms with Gasteiger partial charge < -0.3 is 4.98 Å². The van der Waals surface area contributed by atoms with E-state index in [1.807, 2.05) is 38.1 Å². The Bertz CT molecular complexity index is 379. The zero-order valence-corrected chi connectivity index (χ0v) is 11.4. The van der Waals surface area contributed by atoms with Crippen molar-refractivity contribution in [1.82, 2.24) is 4.98 Å². The number of aromatic nitrogens is 1. The molecule has 2 aromatic rings. The van der Waals surface area contributed by atoms with E-state index in [4.69, 9.17) is 0 Å². The van der Waals surface area contributed by atoms with Gasteiger partial charge in [0.15, 0.2) is 0 Å². The standard InChI is InChI=1S/C10H8N.C2H6.Re/c1-8-4-2-6-10-9(8)5-3-7-11-10;1-2;/h2-6H,1H3;1-2H3;/q-1;;. The van der Waals surface area contributed by atoms with Gasteiger partial charge in [-0.2, -0.15) is 12.1 Å². The molecule has 0 amide bonds. The van der Waals surface area contributed by atoms with Gasteiger partial charge in [-0.25, -0.2) is 0 Å². The maximum Gasteiger partial charge on any atom is 0 e. The van der Waals surface area contributed by atoms with Crippen LogP contribution in [-0.2, 0) is 20.4 Å². The summed E-state index contributed by atoms with van der Waals surface area (Å²) in [6.07, 6.45) is 2.81. The van der Waals surface area contributed by atoms with Gasteiger partial charge in [0.05, 0.1) is 0 Å². The maximum atomic E-state index is 4.12. The molecule has 1 nitrogen and oxygen atoms in total. The molecule has 0 aliphatic heterocycles. The second kappa shape index (κ2) is 6.70. The molecule has 0 bridgehead atoms. The smallest absolute Gasteiger partial charge is 0 e. The van der Waals surface area contributed by atoms with Crippen LogP contribution in [0.4, 0.5) is 0 Å². The predicted molar refractivity (Wildman–Crippen MR) is 56.7 cm³/mol. The minimum absolute atomic E-state index is 0. The largest absolute Gasteiger partial charge is 0.386 e. The van der Waals surface area contributed by atoms with E-state index >= 15 is 0 Å². The van der Waals surface area contributed by atoms with Crippen molar-refractivity contribution in [1.29, 1.82) is 0 Å². The summed E-state index contributed by atoms with van der Waals surface area (Å²) in [5.74, 6) is 0. The first kappa shape index (κ1) is 13.3. The molecule has 0 aliphatic rings. The third-order valence-electron chi connectivity index (χ3n) is 1.81. The molecular weight excluding hydrogens is 344 g/mol. The number of nitrogens with zero attached hydrogens (tertiary/aromatic N) is 1. The van der Waals surface area contributed by atoms with E-state index in [1.165, 1.54) is 10.9 Å². The zero-order chi connectivity index (χ0) is 9.68. The fourth-order valence-corrected chi connectivity index (χ4v) is 1.21. The number of rotatable bonds is 0. The molecule has 0 atom stereocenters. The number of aryl methyl sites for hydroxylation is 1. The summed E-state index contributed by atoms with van der Waals surface area (Å²) in [6, 6.07) is 9.98. The summed E-state index contributed by atoms with van der Waals surface area (Å²) in [6.45, 7) is 6.09. The van der Waals surface area contributed by atoms with E-state index in [2.05, 4.69) is 24.2 Å². The number of pyridine rings is 1. The van der Waals surface area contributed by atoms with Crippen LogP contribution in [0.5, 0.6) is 0 Å². The predicted octanol–water partition coefficient (Wildman–Crippen LogP) is 3.37. The fraction of sp³-hybridized carbons (Fsp3) is 0.250. The first-order chi connectivity index (χ1) is 6.38. The molecule has 0 saturated heterocycles. The van der Waals surface area contributed by atoms with Crippen LogP contribution >= 0.6 is 0 Å². The Hall–Kier alpha value is -0.708. The summed E-state index contributed by atoms with van der Waals surface area (Å²) >= 11 is 0. The van der Waals surface area contributed by atoms with Crippen LogP contribution in [0.25, 0.3) is 10.9 Å². The van der Waals surface area contributed by atoms with E-state index in [9.17, 15) is 0 Å². The summed E-state index contributed by atoms with van der Waals surface area (Å²) in [7, 11) is 0. The Morgan fingerprint density at radius 2 is 1.86 bits per heavy atom. The Morgan fingerprint density at radius 1 is 1.14 bits per heavy atom. The van der Waals surface area contributed by atoms with Crippen molar-refractivity contribution in [2.24, 2.45) is 0 Å². The number of hydrogen-bond donors (Lipinski definition) is 0. The molecule has 0 spiro atoms.